The van der Waals surface area contributed by atoms with E-state index in [-0.39, 0.29) is 0 Å². The van der Waals surface area contributed by atoms with E-state index in [4.69, 9.17) is 4.42 Å². The summed E-state index contributed by atoms with van der Waals surface area (Å²) in [5.74, 6) is 1.54. The molecule has 0 saturated heterocycles. The third-order valence-electron chi connectivity index (χ3n) is 2.58. The fourth-order valence-corrected chi connectivity index (χ4v) is 1.79. The van der Waals surface area contributed by atoms with Gasteiger partial charge in [0, 0.05) is 11.3 Å². The van der Waals surface area contributed by atoms with Crippen LogP contribution in [0.1, 0.15) is 36.7 Å². The van der Waals surface area contributed by atoms with Gasteiger partial charge in [-0.05, 0) is 37.1 Å². The molecule has 0 bridgehead atoms. The zero-order chi connectivity index (χ0) is 10.3. The Morgan fingerprint density at radius 2 is 1.79 bits per heavy atom. The van der Waals surface area contributed by atoms with Crippen molar-refractivity contribution in [2.24, 2.45) is 0 Å². The number of hydrogen-bond donors (Lipinski definition) is 0. The molecule has 1 aromatic heterocycles. The topological polar surface area (TPSA) is 13.1 Å². The van der Waals surface area contributed by atoms with Crippen LogP contribution in [-0.2, 0) is 0 Å². The van der Waals surface area contributed by atoms with Crippen molar-refractivity contribution < 1.29 is 4.42 Å². The molecule has 0 saturated carbocycles. The van der Waals surface area contributed by atoms with Gasteiger partial charge >= 0.3 is 0 Å². The lowest BCUT2D eigenvalue weighted by Gasteiger charge is -1.96. The predicted molar refractivity (Wildman–Crippen MR) is 59.8 cm³/mol. The molecule has 0 spiro atoms. The Kier molecular flexibility index (Phi) is 2.10. The van der Waals surface area contributed by atoms with E-state index in [0.29, 0.717) is 5.92 Å². The highest BCUT2D eigenvalue weighted by atomic mass is 16.3. The minimum Gasteiger partial charge on any atom is -0.461 e. The number of hydrogen-bond acceptors (Lipinski definition) is 1. The molecule has 14 heavy (non-hydrogen) atoms. The third-order valence-corrected chi connectivity index (χ3v) is 2.58. The fourth-order valence-electron chi connectivity index (χ4n) is 1.79. The second kappa shape index (κ2) is 3.16. The minimum absolute atomic E-state index is 0.460. The molecule has 0 amide bonds. The molecule has 0 aliphatic rings. The largest absolute Gasteiger partial charge is 0.461 e. The van der Waals surface area contributed by atoms with Gasteiger partial charge in [-0.1, -0.05) is 19.9 Å². The number of rotatable bonds is 1. The Bertz CT molecular complexity index is 463. The first-order chi connectivity index (χ1) is 6.58. The van der Waals surface area contributed by atoms with E-state index in [1.54, 1.807) is 0 Å². The molecule has 2 rings (SSSR count). The molecule has 0 aliphatic heterocycles. The number of fused-ring (bicyclic) bond motifs is 1. The van der Waals surface area contributed by atoms with E-state index in [9.17, 15) is 0 Å². The standard InChI is InChI=1S/C13H16O/c1-8(2)12-7-11-10(4)5-9(3)6-13(11)14-12/h5-8H,1-4H3. The highest BCUT2D eigenvalue weighted by Gasteiger charge is 2.08. The van der Waals surface area contributed by atoms with Crippen molar-refractivity contribution in [2.45, 2.75) is 33.6 Å². The van der Waals surface area contributed by atoms with Crippen molar-refractivity contribution >= 4 is 11.0 Å². The predicted octanol–water partition coefficient (Wildman–Crippen LogP) is 4.17. The summed E-state index contributed by atoms with van der Waals surface area (Å²) in [5.41, 5.74) is 3.58. The van der Waals surface area contributed by atoms with Gasteiger partial charge in [0.25, 0.3) is 0 Å². The van der Waals surface area contributed by atoms with Crippen molar-refractivity contribution in [1.82, 2.24) is 0 Å². The highest BCUT2D eigenvalue weighted by Crippen LogP contribution is 2.27. The molecule has 0 unspecified atom stereocenters. The van der Waals surface area contributed by atoms with Crippen LogP contribution >= 0.6 is 0 Å². The van der Waals surface area contributed by atoms with Gasteiger partial charge in [0.05, 0.1) is 0 Å². The van der Waals surface area contributed by atoms with Crippen molar-refractivity contribution in [3.63, 3.8) is 0 Å². The van der Waals surface area contributed by atoms with Crippen molar-refractivity contribution in [2.75, 3.05) is 0 Å². The van der Waals surface area contributed by atoms with Gasteiger partial charge in [-0.2, -0.15) is 0 Å². The first-order valence-electron chi connectivity index (χ1n) is 5.08. The van der Waals surface area contributed by atoms with Crippen LogP contribution in [0.25, 0.3) is 11.0 Å². The maximum absolute atomic E-state index is 5.79. The maximum atomic E-state index is 5.79. The molecule has 0 atom stereocenters. The lowest BCUT2D eigenvalue weighted by molar-refractivity contribution is 0.521. The summed E-state index contributed by atoms with van der Waals surface area (Å²) in [6.07, 6.45) is 0. The summed E-state index contributed by atoms with van der Waals surface area (Å²) in [4.78, 5) is 0. The van der Waals surface area contributed by atoms with Crippen LogP contribution in [-0.4, -0.2) is 0 Å². The van der Waals surface area contributed by atoms with E-state index in [0.717, 1.165) is 11.3 Å². The molecule has 0 fully saturated rings. The van der Waals surface area contributed by atoms with Crippen LogP contribution < -0.4 is 0 Å². The summed E-state index contributed by atoms with van der Waals surface area (Å²) in [6, 6.07) is 6.46. The molecule has 1 heteroatoms. The lowest BCUT2D eigenvalue weighted by atomic mass is 10.1. The third kappa shape index (κ3) is 1.43. The van der Waals surface area contributed by atoms with Crippen molar-refractivity contribution in [1.29, 1.82) is 0 Å². The van der Waals surface area contributed by atoms with Crippen LogP contribution in [0.2, 0.25) is 0 Å². The van der Waals surface area contributed by atoms with Crippen molar-refractivity contribution in [3.05, 3.63) is 35.1 Å². The highest BCUT2D eigenvalue weighted by molar-refractivity contribution is 5.82. The molecule has 74 valence electrons. The molecule has 2 aromatic rings. The van der Waals surface area contributed by atoms with Crippen LogP contribution in [0.15, 0.2) is 22.6 Å². The molecule has 0 aliphatic carbocycles. The Morgan fingerprint density at radius 1 is 1.07 bits per heavy atom. The van der Waals surface area contributed by atoms with Crippen molar-refractivity contribution in [3.8, 4) is 0 Å². The Hall–Kier alpha value is -1.24. The van der Waals surface area contributed by atoms with E-state index in [1.807, 2.05) is 0 Å². The fraction of sp³-hybridized carbons (Fsp3) is 0.385. The van der Waals surface area contributed by atoms with Crippen LogP contribution in [0.5, 0.6) is 0 Å². The van der Waals surface area contributed by atoms with Gasteiger partial charge in [-0.15, -0.1) is 0 Å². The normalized spacial score (nSPS) is 11.5. The van der Waals surface area contributed by atoms with Gasteiger partial charge in [0.2, 0.25) is 0 Å². The maximum Gasteiger partial charge on any atom is 0.134 e. The quantitative estimate of drug-likeness (QED) is 0.654. The van der Waals surface area contributed by atoms with E-state index in [1.165, 1.54) is 16.5 Å². The zero-order valence-electron chi connectivity index (χ0n) is 9.22. The van der Waals surface area contributed by atoms with E-state index >= 15 is 0 Å². The average molecular weight is 188 g/mol. The molecule has 1 nitrogen and oxygen atoms in total. The first-order valence-corrected chi connectivity index (χ1v) is 5.08. The van der Waals surface area contributed by atoms with E-state index in [2.05, 4.69) is 45.9 Å². The average Bonchev–Trinajstić information content (AvgIpc) is 2.47. The number of benzene rings is 1. The molecular formula is C13H16O. The zero-order valence-corrected chi connectivity index (χ0v) is 9.22. The lowest BCUT2D eigenvalue weighted by Crippen LogP contribution is -1.79. The van der Waals surface area contributed by atoms with Crippen LogP contribution in [0, 0.1) is 13.8 Å². The summed E-state index contributed by atoms with van der Waals surface area (Å²) in [6.45, 7) is 8.54. The van der Waals surface area contributed by atoms with Gasteiger partial charge in [0.1, 0.15) is 11.3 Å². The van der Waals surface area contributed by atoms with Gasteiger partial charge in [0.15, 0.2) is 0 Å². The van der Waals surface area contributed by atoms with E-state index < -0.39 is 0 Å². The molecular weight excluding hydrogens is 172 g/mol. The molecule has 0 N–H and O–H groups in total. The Labute approximate surface area is 84.7 Å². The Balaban J connectivity index is 2.70. The molecule has 1 aromatic carbocycles. The SMILES string of the molecule is Cc1cc(C)c2cc(C(C)C)oc2c1. The summed E-state index contributed by atoms with van der Waals surface area (Å²) in [5, 5.41) is 1.25. The minimum atomic E-state index is 0.460. The summed E-state index contributed by atoms with van der Waals surface area (Å²) < 4.78 is 5.79. The summed E-state index contributed by atoms with van der Waals surface area (Å²) in [7, 11) is 0. The first kappa shape index (κ1) is 9.32. The molecule has 0 radical (unpaired) electrons. The monoisotopic (exact) mass is 188 g/mol. The van der Waals surface area contributed by atoms with Gasteiger partial charge < -0.3 is 4.42 Å². The second-order valence-corrected chi connectivity index (χ2v) is 4.30. The summed E-state index contributed by atoms with van der Waals surface area (Å²) >= 11 is 0. The van der Waals surface area contributed by atoms with Gasteiger partial charge in [-0.3, -0.25) is 0 Å². The smallest absolute Gasteiger partial charge is 0.134 e. The molecule has 1 heterocycles. The second-order valence-electron chi connectivity index (χ2n) is 4.30. The van der Waals surface area contributed by atoms with Crippen LogP contribution in [0.4, 0.5) is 0 Å². The Morgan fingerprint density at radius 3 is 2.43 bits per heavy atom. The number of aryl methyl sites for hydroxylation is 2. The van der Waals surface area contributed by atoms with Gasteiger partial charge in [-0.25, -0.2) is 0 Å². The van der Waals surface area contributed by atoms with Crippen LogP contribution in [0.3, 0.4) is 0 Å². The number of furan rings is 1.